The first-order valence-electron chi connectivity index (χ1n) is 15.4. The number of thiazole rings is 1. The second kappa shape index (κ2) is 12.8. The molecule has 240 valence electrons. The maximum Gasteiger partial charge on any atom is 0.338 e. The Labute approximate surface area is 280 Å². The first-order valence-corrected chi connectivity index (χ1v) is 16.2. The van der Waals surface area contributed by atoms with E-state index in [0.29, 0.717) is 50.8 Å². The zero-order chi connectivity index (χ0) is 33.4. The van der Waals surface area contributed by atoms with E-state index < -0.39 is 17.6 Å². The maximum absolute atomic E-state index is 14.7. The Kier molecular flexibility index (Phi) is 8.24. The number of hydrogen-bond acceptors (Lipinski definition) is 8. The van der Waals surface area contributed by atoms with Crippen molar-refractivity contribution in [2.45, 2.75) is 19.5 Å². The summed E-state index contributed by atoms with van der Waals surface area (Å²) in [6.45, 7) is 2.20. The van der Waals surface area contributed by atoms with E-state index in [1.54, 1.807) is 30.0 Å². The fourth-order valence-electron chi connectivity index (χ4n) is 6.25. The maximum atomic E-state index is 14.7. The minimum absolute atomic E-state index is 0.125. The number of methoxy groups -OCH3 is 2. The van der Waals surface area contributed by atoms with Gasteiger partial charge in [0.2, 0.25) is 0 Å². The first kappa shape index (κ1) is 30.9. The molecule has 0 saturated carbocycles. The van der Waals surface area contributed by atoms with E-state index in [-0.39, 0.29) is 22.6 Å². The minimum Gasteiger partial charge on any atom is -0.493 e. The van der Waals surface area contributed by atoms with E-state index in [9.17, 15) is 14.4 Å². The molecule has 7 rings (SSSR count). The molecule has 0 unspecified atom stereocenters. The normalized spacial score (nSPS) is 16.3. The number of esters is 1. The van der Waals surface area contributed by atoms with E-state index in [0.717, 1.165) is 22.6 Å². The lowest BCUT2D eigenvalue weighted by Gasteiger charge is -2.26. The van der Waals surface area contributed by atoms with Crippen LogP contribution in [0.3, 0.4) is 0 Å². The summed E-state index contributed by atoms with van der Waals surface area (Å²) >= 11 is 1.13. The van der Waals surface area contributed by atoms with E-state index in [1.165, 1.54) is 18.8 Å². The molecule has 3 heterocycles. The number of hydrogen-bond donors (Lipinski definition) is 0. The lowest BCUT2D eigenvalue weighted by molar-refractivity contribution is -0.138. The van der Waals surface area contributed by atoms with Gasteiger partial charge in [0, 0.05) is 11.1 Å². The Morgan fingerprint density at radius 2 is 1.54 bits per heavy atom. The summed E-state index contributed by atoms with van der Waals surface area (Å²) in [7, 11) is 3.06. The van der Waals surface area contributed by atoms with Crippen LogP contribution in [0.4, 0.5) is 5.69 Å². The van der Waals surface area contributed by atoms with Gasteiger partial charge in [0.05, 0.1) is 55.9 Å². The highest BCUT2D eigenvalue weighted by Crippen LogP contribution is 2.39. The van der Waals surface area contributed by atoms with Crippen LogP contribution >= 0.6 is 11.3 Å². The van der Waals surface area contributed by atoms with Crippen molar-refractivity contribution in [3.8, 4) is 11.5 Å². The summed E-state index contributed by atoms with van der Waals surface area (Å²) in [5, 5.41) is 0. The van der Waals surface area contributed by atoms with E-state index >= 15 is 0 Å². The van der Waals surface area contributed by atoms with Crippen LogP contribution in [0.5, 0.6) is 11.5 Å². The fraction of sp³-hybridized carbons (Fsp3) is 0.158. The van der Waals surface area contributed by atoms with Crippen molar-refractivity contribution >= 4 is 40.2 Å². The standard InChI is InChI=1S/C38H31N3O6S/c1-4-47-37(44)31-32(24-15-9-6-10-16-24)39-38-41(33(31)25-19-20-28(45-2)29(21-25)46-3)36(43)34(48-38)30-26-17-11-12-18-27(26)40(35(30)42)22-23-13-7-5-8-14-23/h5-21,33H,4,22H2,1-3H3/b34-30-/t33-/m0/s1. The molecule has 0 N–H and O–H groups in total. The van der Waals surface area contributed by atoms with E-state index in [2.05, 4.69) is 0 Å². The molecular weight excluding hydrogens is 627 g/mol. The number of para-hydroxylation sites is 1. The number of benzene rings is 4. The molecule has 0 bridgehead atoms. The number of fused-ring (bicyclic) bond motifs is 2. The van der Waals surface area contributed by atoms with Crippen LogP contribution in [0.1, 0.15) is 35.2 Å². The van der Waals surface area contributed by atoms with Gasteiger partial charge in [-0.1, -0.05) is 96.3 Å². The number of amides is 1. The monoisotopic (exact) mass is 657 g/mol. The van der Waals surface area contributed by atoms with Crippen molar-refractivity contribution in [3.05, 3.63) is 151 Å². The highest BCUT2D eigenvalue weighted by atomic mass is 32.1. The summed E-state index contributed by atoms with van der Waals surface area (Å²) in [5.74, 6) is 0.0420. The first-order chi connectivity index (χ1) is 23.4. The third-order valence-corrected chi connectivity index (χ3v) is 9.46. The molecule has 4 aromatic carbocycles. The van der Waals surface area contributed by atoms with Crippen LogP contribution in [0.2, 0.25) is 0 Å². The molecule has 10 heteroatoms. The van der Waals surface area contributed by atoms with Crippen LogP contribution in [0.25, 0.3) is 11.3 Å². The Morgan fingerprint density at radius 3 is 2.25 bits per heavy atom. The molecule has 0 radical (unpaired) electrons. The molecular formula is C38H31N3O6S. The molecule has 0 aliphatic carbocycles. The van der Waals surface area contributed by atoms with E-state index in [1.807, 2.05) is 84.9 Å². The van der Waals surface area contributed by atoms with Crippen molar-refractivity contribution in [2.24, 2.45) is 4.99 Å². The second-order valence-electron chi connectivity index (χ2n) is 11.1. The summed E-state index contributed by atoms with van der Waals surface area (Å²) < 4.78 is 18.4. The zero-order valence-corrected chi connectivity index (χ0v) is 27.3. The van der Waals surface area contributed by atoms with Gasteiger partial charge in [0.15, 0.2) is 16.3 Å². The summed E-state index contributed by atoms with van der Waals surface area (Å²) in [4.78, 5) is 49.9. The van der Waals surface area contributed by atoms with Gasteiger partial charge < -0.3 is 19.1 Å². The van der Waals surface area contributed by atoms with Crippen molar-refractivity contribution in [1.29, 1.82) is 0 Å². The highest BCUT2D eigenvalue weighted by molar-refractivity contribution is 7.07. The number of ether oxygens (including phenoxy) is 3. The molecule has 2 aliphatic rings. The number of anilines is 1. The molecule has 1 amide bonds. The van der Waals surface area contributed by atoms with Gasteiger partial charge >= 0.3 is 5.97 Å². The molecule has 2 aliphatic heterocycles. The van der Waals surface area contributed by atoms with Gasteiger partial charge in [0.25, 0.3) is 11.5 Å². The molecule has 5 aromatic rings. The predicted octanol–water partition coefficient (Wildman–Crippen LogP) is 4.87. The molecule has 1 atom stereocenters. The Bertz CT molecular complexity index is 2270. The summed E-state index contributed by atoms with van der Waals surface area (Å²) in [6, 6.07) is 30.8. The largest absolute Gasteiger partial charge is 0.493 e. The molecule has 9 nitrogen and oxygen atoms in total. The van der Waals surface area contributed by atoms with Crippen molar-refractivity contribution in [1.82, 2.24) is 4.57 Å². The van der Waals surface area contributed by atoms with Crippen LogP contribution in [0.15, 0.2) is 118 Å². The van der Waals surface area contributed by atoms with Crippen LogP contribution in [-0.4, -0.2) is 37.3 Å². The second-order valence-corrected chi connectivity index (χ2v) is 12.1. The third kappa shape index (κ3) is 5.20. The Hall–Kier alpha value is -5.74. The summed E-state index contributed by atoms with van der Waals surface area (Å²) in [5.41, 5.74) is 4.07. The van der Waals surface area contributed by atoms with Crippen molar-refractivity contribution < 1.29 is 23.8 Å². The number of aromatic nitrogens is 1. The minimum atomic E-state index is -0.947. The predicted molar refractivity (Wildman–Crippen MR) is 184 cm³/mol. The van der Waals surface area contributed by atoms with Gasteiger partial charge in [-0.2, -0.15) is 0 Å². The van der Waals surface area contributed by atoms with Gasteiger partial charge in [0.1, 0.15) is 4.53 Å². The molecule has 1 aromatic heterocycles. The molecule has 48 heavy (non-hydrogen) atoms. The Balaban J connectivity index is 1.52. The zero-order valence-electron chi connectivity index (χ0n) is 26.5. The van der Waals surface area contributed by atoms with E-state index in [4.69, 9.17) is 19.2 Å². The highest BCUT2D eigenvalue weighted by Gasteiger charge is 2.38. The number of rotatable bonds is 8. The van der Waals surface area contributed by atoms with Gasteiger partial charge in [-0.25, -0.2) is 9.79 Å². The SMILES string of the molecule is CCOC(=O)C1=C(c2ccccc2)N=c2s/c(=C3\C(=O)N(Cc4ccccc4)c4ccccc43)c(=O)n2[C@H]1c1ccc(OC)c(OC)c1. The average molecular weight is 658 g/mol. The fourth-order valence-corrected chi connectivity index (χ4v) is 7.34. The summed E-state index contributed by atoms with van der Waals surface area (Å²) in [6.07, 6.45) is 0. The molecule has 0 fully saturated rings. The number of nitrogens with zero attached hydrogens (tertiary/aromatic N) is 3. The molecule has 0 spiro atoms. The average Bonchev–Trinajstić information content (AvgIpc) is 3.59. The quantitative estimate of drug-likeness (QED) is 0.221. The lowest BCUT2D eigenvalue weighted by Crippen LogP contribution is -2.41. The number of carbonyl (C=O) groups is 2. The number of carbonyl (C=O) groups excluding carboxylic acids is 2. The van der Waals surface area contributed by atoms with Crippen LogP contribution < -0.4 is 29.3 Å². The van der Waals surface area contributed by atoms with Crippen molar-refractivity contribution in [3.63, 3.8) is 0 Å². The Morgan fingerprint density at radius 1 is 0.854 bits per heavy atom. The van der Waals surface area contributed by atoms with Gasteiger partial charge in [-0.3, -0.25) is 14.2 Å². The lowest BCUT2D eigenvalue weighted by atomic mass is 9.93. The van der Waals surface area contributed by atoms with Crippen LogP contribution in [0, 0.1) is 0 Å². The van der Waals surface area contributed by atoms with Crippen LogP contribution in [-0.2, 0) is 20.9 Å². The topological polar surface area (TPSA) is 99.4 Å². The van der Waals surface area contributed by atoms with Crippen molar-refractivity contribution in [2.75, 3.05) is 25.7 Å². The van der Waals surface area contributed by atoms with Gasteiger partial charge in [-0.05, 0) is 36.2 Å². The third-order valence-electron chi connectivity index (χ3n) is 8.41. The van der Waals surface area contributed by atoms with Gasteiger partial charge in [-0.15, -0.1) is 0 Å². The smallest absolute Gasteiger partial charge is 0.338 e. The molecule has 0 saturated heterocycles.